The van der Waals surface area contributed by atoms with Crippen LogP contribution in [0.4, 0.5) is 0 Å². The summed E-state index contributed by atoms with van der Waals surface area (Å²) in [6.07, 6.45) is 5.52. The van der Waals surface area contributed by atoms with Gasteiger partial charge in [-0.25, -0.2) is 0 Å². The van der Waals surface area contributed by atoms with Gasteiger partial charge in [-0.1, -0.05) is 23.7 Å². The van der Waals surface area contributed by atoms with Crippen molar-refractivity contribution >= 4 is 29.6 Å². The average molecular weight is 306 g/mol. The van der Waals surface area contributed by atoms with Crippen LogP contribution >= 0.6 is 11.6 Å². The van der Waals surface area contributed by atoms with Crippen molar-refractivity contribution in [3.8, 4) is 0 Å². The molecule has 2 bridgehead atoms. The molecule has 3 atom stereocenters. The van der Waals surface area contributed by atoms with Gasteiger partial charge in [-0.15, -0.1) is 0 Å². The van der Waals surface area contributed by atoms with Gasteiger partial charge in [0.1, 0.15) is 0 Å². The fourth-order valence-electron chi connectivity index (χ4n) is 3.46. The van der Waals surface area contributed by atoms with Gasteiger partial charge in [-0.2, -0.15) is 0 Å². The van der Waals surface area contributed by atoms with Crippen LogP contribution in [0, 0.1) is 5.92 Å². The summed E-state index contributed by atoms with van der Waals surface area (Å²) in [5.41, 5.74) is 0.858. The van der Waals surface area contributed by atoms with Crippen molar-refractivity contribution in [1.29, 1.82) is 0 Å². The van der Waals surface area contributed by atoms with Crippen molar-refractivity contribution in [2.45, 2.75) is 31.3 Å². The number of hydrogen-bond donors (Lipinski definition) is 1. The second-order valence-corrected chi connectivity index (χ2v) is 6.05. The molecule has 0 aromatic heterocycles. The summed E-state index contributed by atoms with van der Waals surface area (Å²) in [6, 6.07) is 7.18. The monoisotopic (exact) mass is 305 g/mol. The predicted molar refractivity (Wildman–Crippen MR) is 79.9 cm³/mol. The van der Waals surface area contributed by atoms with E-state index >= 15 is 0 Å². The molecule has 1 N–H and O–H groups in total. The van der Waals surface area contributed by atoms with Crippen LogP contribution in [-0.4, -0.2) is 34.0 Å². The lowest BCUT2D eigenvalue weighted by atomic mass is 9.89. The number of benzene rings is 1. The van der Waals surface area contributed by atoms with Gasteiger partial charge >= 0.3 is 5.97 Å². The Morgan fingerprint density at radius 2 is 2.14 bits per heavy atom. The van der Waals surface area contributed by atoms with Crippen LogP contribution in [0.15, 0.2) is 30.3 Å². The summed E-state index contributed by atoms with van der Waals surface area (Å²) >= 11 is 5.90. The van der Waals surface area contributed by atoms with Gasteiger partial charge in [0, 0.05) is 23.2 Å². The number of rotatable bonds is 3. The highest BCUT2D eigenvalue weighted by molar-refractivity contribution is 6.30. The molecule has 1 aromatic carbocycles. The number of aliphatic carboxylic acids is 1. The first kappa shape index (κ1) is 14.1. The Balaban J connectivity index is 1.73. The van der Waals surface area contributed by atoms with E-state index in [2.05, 4.69) is 0 Å². The molecular weight excluding hydrogens is 290 g/mol. The first-order chi connectivity index (χ1) is 10.1. The smallest absolute Gasteiger partial charge is 0.308 e. The highest BCUT2D eigenvalue weighted by Crippen LogP contribution is 2.41. The van der Waals surface area contributed by atoms with E-state index < -0.39 is 11.9 Å². The standard InChI is InChI=1S/C16H16ClNO3/c17-11-3-1-2-10(8-11)4-7-15(19)18-12-5-6-14(18)13(9-12)16(20)21/h1-4,7-8,12-14H,5-6,9H2,(H,20,21). The molecule has 4 nitrogen and oxygen atoms in total. The van der Waals surface area contributed by atoms with Crippen LogP contribution < -0.4 is 0 Å². The fourth-order valence-corrected chi connectivity index (χ4v) is 3.66. The molecule has 0 aliphatic carbocycles. The Hall–Kier alpha value is -1.81. The van der Waals surface area contributed by atoms with Gasteiger partial charge in [0.15, 0.2) is 0 Å². The molecule has 0 spiro atoms. The number of carboxylic acid groups (broad SMARTS) is 1. The SMILES string of the molecule is O=C(O)C1CC2CCC1N2C(=O)C=Cc1cccc(Cl)c1. The lowest BCUT2D eigenvalue weighted by molar-refractivity contribution is -0.143. The molecule has 2 saturated heterocycles. The molecule has 1 aromatic rings. The number of halogens is 1. The summed E-state index contributed by atoms with van der Waals surface area (Å²) in [5, 5.41) is 9.82. The Morgan fingerprint density at radius 3 is 2.81 bits per heavy atom. The Labute approximate surface area is 128 Å². The predicted octanol–water partition coefficient (Wildman–Crippen LogP) is 2.82. The summed E-state index contributed by atoms with van der Waals surface area (Å²) in [5.74, 6) is -1.31. The number of carbonyl (C=O) groups excluding carboxylic acids is 1. The molecule has 2 heterocycles. The van der Waals surface area contributed by atoms with Gasteiger partial charge in [-0.3, -0.25) is 9.59 Å². The van der Waals surface area contributed by atoms with Crippen LogP contribution in [0.2, 0.25) is 5.02 Å². The maximum absolute atomic E-state index is 12.3. The number of carboxylic acids is 1. The van der Waals surface area contributed by atoms with E-state index in [1.54, 1.807) is 23.1 Å². The zero-order valence-electron chi connectivity index (χ0n) is 11.4. The quantitative estimate of drug-likeness (QED) is 0.874. The van der Waals surface area contributed by atoms with E-state index in [9.17, 15) is 14.7 Å². The van der Waals surface area contributed by atoms with Crippen LogP contribution in [0.25, 0.3) is 6.08 Å². The third kappa shape index (κ3) is 2.68. The number of fused-ring (bicyclic) bond motifs is 2. The van der Waals surface area contributed by atoms with Gasteiger partial charge < -0.3 is 10.0 Å². The molecular formula is C16H16ClNO3. The minimum absolute atomic E-state index is 0.0765. The van der Waals surface area contributed by atoms with Crippen molar-refractivity contribution in [3.63, 3.8) is 0 Å². The van der Waals surface area contributed by atoms with E-state index in [-0.39, 0.29) is 18.0 Å². The second kappa shape index (κ2) is 5.53. The number of carbonyl (C=O) groups is 2. The molecule has 3 unspecified atom stereocenters. The molecule has 110 valence electrons. The van der Waals surface area contributed by atoms with Gasteiger partial charge in [0.25, 0.3) is 0 Å². The maximum atomic E-state index is 12.3. The highest BCUT2D eigenvalue weighted by atomic mass is 35.5. The third-order valence-electron chi connectivity index (χ3n) is 4.38. The van der Waals surface area contributed by atoms with E-state index in [1.165, 1.54) is 6.08 Å². The largest absolute Gasteiger partial charge is 0.481 e. The molecule has 0 saturated carbocycles. The van der Waals surface area contributed by atoms with Crippen molar-refractivity contribution in [2.24, 2.45) is 5.92 Å². The first-order valence-corrected chi connectivity index (χ1v) is 7.43. The van der Waals surface area contributed by atoms with Crippen LogP contribution in [-0.2, 0) is 9.59 Å². The van der Waals surface area contributed by atoms with Crippen LogP contribution in [0.5, 0.6) is 0 Å². The summed E-state index contributed by atoms with van der Waals surface area (Å²) < 4.78 is 0. The van der Waals surface area contributed by atoms with E-state index in [1.807, 2.05) is 12.1 Å². The Morgan fingerprint density at radius 1 is 1.33 bits per heavy atom. The molecule has 1 amide bonds. The number of nitrogens with zero attached hydrogens (tertiary/aromatic N) is 1. The molecule has 2 aliphatic heterocycles. The molecule has 5 heteroatoms. The van der Waals surface area contributed by atoms with Crippen molar-refractivity contribution in [3.05, 3.63) is 40.9 Å². The number of amides is 1. The third-order valence-corrected chi connectivity index (χ3v) is 4.61. The minimum Gasteiger partial charge on any atom is -0.481 e. The van der Waals surface area contributed by atoms with Crippen LogP contribution in [0.1, 0.15) is 24.8 Å². The van der Waals surface area contributed by atoms with Crippen molar-refractivity contribution in [2.75, 3.05) is 0 Å². The molecule has 3 rings (SSSR count). The zero-order valence-corrected chi connectivity index (χ0v) is 12.2. The zero-order chi connectivity index (χ0) is 15.0. The minimum atomic E-state index is -0.793. The lowest BCUT2D eigenvalue weighted by Gasteiger charge is -2.21. The fraction of sp³-hybridized carbons (Fsp3) is 0.375. The summed E-state index contributed by atoms with van der Waals surface area (Å²) in [4.78, 5) is 25.3. The number of hydrogen-bond acceptors (Lipinski definition) is 2. The lowest BCUT2D eigenvalue weighted by Crippen LogP contribution is -2.36. The normalized spacial score (nSPS) is 27.5. The second-order valence-electron chi connectivity index (χ2n) is 5.61. The maximum Gasteiger partial charge on any atom is 0.308 e. The molecule has 0 radical (unpaired) electrons. The van der Waals surface area contributed by atoms with Gasteiger partial charge in [0.05, 0.1) is 5.92 Å². The van der Waals surface area contributed by atoms with Crippen LogP contribution in [0.3, 0.4) is 0 Å². The first-order valence-electron chi connectivity index (χ1n) is 7.05. The Kier molecular flexibility index (Phi) is 3.72. The van der Waals surface area contributed by atoms with E-state index in [0.717, 1.165) is 18.4 Å². The van der Waals surface area contributed by atoms with Gasteiger partial charge in [0.2, 0.25) is 5.91 Å². The van der Waals surface area contributed by atoms with Crippen molar-refractivity contribution in [1.82, 2.24) is 4.90 Å². The molecule has 21 heavy (non-hydrogen) atoms. The Bertz CT molecular complexity index is 613. The van der Waals surface area contributed by atoms with E-state index in [0.29, 0.717) is 11.4 Å². The average Bonchev–Trinajstić information content (AvgIpc) is 3.02. The molecule has 2 aliphatic rings. The summed E-state index contributed by atoms with van der Waals surface area (Å²) in [7, 11) is 0. The van der Waals surface area contributed by atoms with E-state index in [4.69, 9.17) is 11.6 Å². The molecule has 2 fully saturated rings. The van der Waals surface area contributed by atoms with Crippen molar-refractivity contribution < 1.29 is 14.7 Å². The highest BCUT2D eigenvalue weighted by Gasteiger charge is 2.50. The topological polar surface area (TPSA) is 57.6 Å². The summed E-state index contributed by atoms with van der Waals surface area (Å²) in [6.45, 7) is 0. The van der Waals surface area contributed by atoms with Gasteiger partial charge in [-0.05, 0) is 43.0 Å².